The first kappa shape index (κ1) is 12.2. The third-order valence-corrected chi connectivity index (χ3v) is 1.47. The highest BCUT2D eigenvalue weighted by atomic mass is 16.3. The average molecular weight is 182 g/mol. The summed E-state index contributed by atoms with van der Waals surface area (Å²) in [6, 6.07) is 0. The molecular formula is C11H18O2. The fourth-order valence-electron chi connectivity index (χ4n) is 0.828. The molecule has 0 spiro atoms. The van der Waals surface area contributed by atoms with Gasteiger partial charge < -0.3 is 10.2 Å². The normalized spacial score (nSPS) is 15.1. The zero-order valence-electron chi connectivity index (χ0n) is 8.33. The van der Waals surface area contributed by atoms with Crippen molar-refractivity contribution >= 4 is 0 Å². The van der Waals surface area contributed by atoms with E-state index in [1.807, 2.05) is 6.08 Å². The molecule has 0 rings (SSSR count). The second-order valence-electron chi connectivity index (χ2n) is 2.94. The van der Waals surface area contributed by atoms with Gasteiger partial charge in [0.05, 0.1) is 0 Å². The van der Waals surface area contributed by atoms with E-state index < -0.39 is 12.2 Å². The Balaban J connectivity index is 3.58. The van der Waals surface area contributed by atoms with Gasteiger partial charge in [-0.15, -0.1) is 0 Å². The molecule has 2 unspecified atom stereocenters. The molecule has 0 aromatic carbocycles. The zero-order valence-corrected chi connectivity index (χ0v) is 8.33. The number of hydrogen-bond donors (Lipinski definition) is 2. The smallest absolute Gasteiger partial charge is 0.115 e. The van der Waals surface area contributed by atoms with Crippen molar-refractivity contribution in [2.24, 2.45) is 0 Å². The summed E-state index contributed by atoms with van der Waals surface area (Å²) in [5.74, 6) is 5.10. The van der Waals surface area contributed by atoms with Crippen LogP contribution in [-0.4, -0.2) is 22.4 Å². The fraction of sp³-hybridized carbons (Fsp3) is 0.636. The first-order valence-corrected chi connectivity index (χ1v) is 4.69. The van der Waals surface area contributed by atoms with Gasteiger partial charge in [-0.05, 0) is 26.2 Å². The van der Waals surface area contributed by atoms with Crippen LogP contribution in [0.4, 0.5) is 0 Å². The summed E-state index contributed by atoms with van der Waals surface area (Å²) in [4.78, 5) is 0. The van der Waals surface area contributed by atoms with Crippen molar-refractivity contribution in [1.82, 2.24) is 0 Å². The molecule has 0 aromatic rings. The van der Waals surface area contributed by atoms with Gasteiger partial charge >= 0.3 is 0 Å². The summed E-state index contributed by atoms with van der Waals surface area (Å²) in [7, 11) is 0. The second-order valence-corrected chi connectivity index (χ2v) is 2.94. The van der Waals surface area contributed by atoms with E-state index in [0.717, 1.165) is 12.8 Å². The molecule has 0 aliphatic heterocycles. The Kier molecular flexibility index (Phi) is 7.38. The zero-order chi connectivity index (χ0) is 10.1. The van der Waals surface area contributed by atoms with Crippen LogP contribution in [0.15, 0.2) is 12.2 Å². The van der Waals surface area contributed by atoms with Crippen LogP contribution in [0.5, 0.6) is 0 Å². The van der Waals surface area contributed by atoms with Gasteiger partial charge in [0.1, 0.15) is 12.2 Å². The second kappa shape index (κ2) is 7.85. The third kappa shape index (κ3) is 9.13. The van der Waals surface area contributed by atoms with Gasteiger partial charge in [-0.1, -0.05) is 30.9 Å². The van der Waals surface area contributed by atoms with Crippen LogP contribution in [0.25, 0.3) is 0 Å². The molecule has 0 saturated carbocycles. The van der Waals surface area contributed by atoms with Crippen LogP contribution in [0.1, 0.15) is 33.1 Å². The number of allylic oxidation sites excluding steroid dienone is 2. The van der Waals surface area contributed by atoms with Crippen LogP contribution in [0.3, 0.4) is 0 Å². The maximum atomic E-state index is 9.28. The van der Waals surface area contributed by atoms with Gasteiger partial charge in [-0.3, -0.25) is 0 Å². The minimum Gasteiger partial charge on any atom is -0.381 e. The van der Waals surface area contributed by atoms with E-state index in [0.29, 0.717) is 6.42 Å². The molecule has 13 heavy (non-hydrogen) atoms. The maximum Gasteiger partial charge on any atom is 0.115 e. The van der Waals surface area contributed by atoms with Gasteiger partial charge in [-0.25, -0.2) is 0 Å². The Morgan fingerprint density at radius 1 is 1.23 bits per heavy atom. The molecule has 74 valence electrons. The Bertz CT molecular complexity index is 196. The minimum atomic E-state index is -0.652. The molecule has 2 N–H and O–H groups in total. The molecule has 2 heteroatoms. The summed E-state index contributed by atoms with van der Waals surface area (Å²) in [5.41, 5.74) is 0. The monoisotopic (exact) mass is 182 g/mol. The summed E-state index contributed by atoms with van der Waals surface area (Å²) in [6.45, 7) is 3.65. The highest BCUT2D eigenvalue weighted by Crippen LogP contribution is 1.97. The van der Waals surface area contributed by atoms with Crippen LogP contribution < -0.4 is 0 Å². The Morgan fingerprint density at radius 2 is 1.92 bits per heavy atom. The van der Waals surface area contributed by atoms with Gasteiger partial charge in [0.2, 0.25) is 0 Å². The molecular weight excluding hydrogens is 164 g/mol. The largest absolute Gasteiger partial charge is 0.381 e. The van der Waals surface area contributed by atoms with Gasteiger partial charge in [0.25, 0.3) is 0 Å². The Morgan fingerprint density at radius 3 is 2.46 bits per heavy atom. The predicted molar refractivity (Wildman–Crippen MR) is 54.1 cm³/mol. The highest BCUT2D eigenvalue weighted by molar-refractivity contribution is 5.07. The van der Waals surface area contributed by atoms with Gasteiger partial charge in [0, 0.05) is 0 Å². The summed E-state index contributed by atoms with van der Waals surface area (Å²) >= 11 is 0. The molecule has 2 atom stereocenters. The van der Waals surface area contributed by atoms with E-state index in [1.54, 1.807) is 6.92 Å². The number of aliphatic hydroxyl groups is 2. The highest BCUT2D eigenvalue weighted by Gasteiger charge is 1.96. The molecule has 0 aliphatic carbocycles. The third-order valence-electron chi connectivity index (χ3n) is 1.47. The van der Waals surface area contributed by atoms with Crippen LogP contribution in [0, 0.1) is 11.8 Å². The lowest BCUT2D eigenvalue weighted by Gasteiger charge is -1.99. The fourth-order valence-corrected chi connectivity index (χ4v) is 0.828. The SMILES string of the molecule is CCC=CCCC(O)C#CC(C)O. The topological polar surface area (TPSA) is 40.5 Å². The lowest BCUT2D eigenvalue weighted by molar-refractivity contribution is 0.220. The molecule has 0 aliphatic rings. The molecule has 0 saturated heterocycles. The van der Waals surface area contributed by atoms with E-state index in [2.05, 4.69) is 24.8 Å². The van der Waals surface area contributed by atoms with Crippen molar-refractivity contribution in [2.75, 3.05) is 0 Å². The molecule has 0 aromatic heterocycles. The van der Waals surface area contributed by atoms with E-state index >= 15 is 0 Å². The summed E-state index contributed by atoms with van der Waals surface area (Å²) in [6.07, 6.45) is 5.33. The maximum absolute atomic E-state index is 9.28. The van der Waals surface area contributed by atoms with Crippen LogP contribution >= 0.6 is 0 Å². The van der Waals surface area contributed by atoms with Crippen molar-refractivity contribution in [3.63, 3.8) is 0 Å². The van der Waals surface area contributed by atoms with Crippen molar-refractivity contribution in [3.05, 3.63) is 12.2 Å². The van der Waals surface area contributed by atoms with E-state index in [9.17, 15) is 5.11 Å². The molecule has 0 bridgehead atoms. The Labute approximate surface area is 80.3 Å². The minimum absolute atomic E-state index is 0.615. The summed E-state index contributed by atoms with van der Waals surface area (Å²) in [5, 5.41) is 18.1. The average Bonchev–Trinajstić information content (AvgIpc) is 2.09. The number of aliphatic hydroxyl groups excluding tert-OH is 2. The quantitative estimate of drug-likeness (QED) is 0.510. The van der Waals surface area contributed by atoms with Crippen molar-refractivity contribution in [3.8, 4) is 11.8 Å². The molecule has 0 radical (unpaired) electrons. The molecule has 0 fully saturated rings. The standard InChI is InChI=1S/C11H18O2/c1-3-4-5-6-7-11(13)9-8-10(2)12/h4-5,10-13H,3,6-7H2,1-2H3. The van der Waals surface area contributed by atoms with Gasteiger partial charge in [0.15, 0.2) is 0 Å². The molecule has 0 heterocycles. The summed E-state index contributed by atoms with van der Waals surface area (Å²) < 4.78 is 0. The van der Waals surface area contributed by atoms with E-state index in [1.165, 1.54) is 0 Å². The van der Waals surface area contributed by atoms with Crippen LogP contribution in [0.2, 0.25) is 0 Å². The first-order valence-electron chi connectivity index (χ1n) is 4.69. The number of rotatable bonds is 4. The number of hydrogen-bond acceptors (Lipinski definition) is 2. The lowest BCUT2D eigenvalue weighted by Crippen LogP contribution is -2.03. The predicted octanol–water partition coefficient (Wildman–Crippen LogP) is 1.48. The van der Waals surface area contributed by atoms with E-state index in [-0.39, 0.29) is 0 Å². The van der Waals surface area contributed by atoms with E-state index in [4.69, 9.17) is 5.11 Å². The molecule has 2 nitrogen and oxygen atoms in total. The van der Waals surface area contributed by atoms with Crippen LogP contribution in [-0.2, 0) is 0 Å². The lowest BCUT2D eigenvalue weighted by atomic mass is 10.2. The Hall–Kier alpha value is -0.780. The molecule has 0 amide bonds. The van der Waals surface area contributed by atoms with Crippen molar-refractivity contribution < 1.29 is 10.2 Å². The van der Waals surface area contributed by atoms with Crippen molar-refractivity contribution in [1.29, 1.82) is 0 Å². The van der Waals surface area contributed by atoms with Crippen molar-refractivity contribution in [2.45, 2.75) is 45.3 Å². The first-order chi connectivity index (χ1) is 6.16. The van der Waals surface area contributed by atoms with Gasteiger partial charge in [-0.2, -0.15) is 0 Å².